The Morgan fingerprint density at radius 3 is 2.71 bits per heavy atom. The van der Waals surface area contributed by atoms with E-state index in [1.165, 1.54) is 12.1 Å². The second-order valence-electron chi connectivity index (χ2n) is 5.85. The molecule has 1 amide bonds. The number of nitrogens with two attached hydrogens (primary N) is 1. The van der Waals surface area contributed by atoms with Crippen molar-refractivity contribution < 1.29 is 9.18 Å². The fourth-order valence-corrected chi connectivity index (χ4v) is 2.47. The second-order valence-corrected chi connectivity index (χ2v) is 5.85. The second kappa shape index (κ2) is 9.50. The summed E-state index contributed by atoms with van der Waals surface area (Å²) < 4.78 is 13.0. The molecule has 3 N–H and O–H groups in total. The standard InChI is InChI=1S/C17H27FN2O/c1-13(2)15(8-10-19)6-7-17(21)20-11-9-14-4-3-5-16(18)12-14/h3-5,12-13,15H,6-11,19H2,1-2H3,(H,20,21). The zero-order valence-corrected chi connectivity index (χ0v) is 13.1. The highest BCUT2D eigenvalue weighted by atomic mass is 19.1. The lowest BCUT2D eigenvalue weighted by atomic mass is 9.88. The lowest BCUT2D eigenvalue weighted by Crippen LogP contribution is -2.26. The molecule has 0 radical (unpaired) electrons. The van der Waals surface area contributed by atoms with Gasteiger partial charge in [0.1, 0.15) is 5.82 Å². The number of hydrogen-bond donors (Lipinski definition) is 2. The Morgan fingerprint density at radius 2 is 2.10 bits per heavy atom. The van der Waals surface area contributed by atoms with Crippen molar-refractivity contribution in [3.8, 4) is 0 Å². The van der Waals surface area contributed by atoms with Crippen LogP contribution < -0.4 is 11.1 Å². The molecule has 0 aliphatic carbocycles. The van der Waals surface area contributed by atoms with Crippen molar-refractivity contribution in [2.24, 2.45) is 17.6 Å². The predicted octanol–water partition coefficient (Wildman–Crippen LogP) is 2.89. The molecule has 1 aromatic carbocycles. The van der Waals surface area contributed by atoms with E-state index < -0.39 is 0 Å². The van der Waals surface area contributed by atoms with Crippen LogP contribution in [0.5, 0.6) is 0 Å². The minimum absolute atomic E-state index is 0.0640. The number of amides is 1. The number of rotatable bonds is 9. The maximum atomic E-state index is 13.0. The molecule has 1 aromatic rings. The maximum absolute atomic E-state index is 13.0. The molecule has 1 unspecified atom stereocenters. The van der Waals surface area contributed by atoms with Gasteiger partial charge in [-0.15, -0.1) is 0 Å². The van der Waals surface area contributed by atoms with E-state index in [0.29, 0.717) is 37.8 Å². The maximum Gasteiger partial charge on any atom is 0.220 e. The number of nitrogens with one attached hydrogen (secondary N) is 1. The van der Waals surface area contributed by atoms with Crippen LogP contribution in [0, 0.1) is 17.7 Å². The van der Waals surface area contributed by atoms with E-state index in [9.17, 15) is 9.18 Å². The predicted molar refractivity (Wildman–Crippen MR) is 84.3 cm³/mol. The van der Waals surface area contributed by atoms with Gasteiger partial charge in [-0.05, 0) is 55.3 Å². The number of hydrogen-bond acceptors (Lipinski definition) is 2. The first-order valence-corrected chi connectivity index (χ1v) is 7.74. The van der Waals surface area contributed by atoms with Crippen LogP contribution in [0.4, 0.5) is 4.39 Å². The third kappa shape index (κ3) is 7.23. The first-order valence-electron chi connectivity index (χ1n) is 7.74. The largest absolute Gasteiger partial charge is 0.356 e. The van der Waals surface area contributed by atoms with Gasteiger partial charge in [0.2, 0.25) is 5.91 Å². The van der Waals surface area contributed by atoms with Gasteiger partial charge in [-0.3, -0.25) is 4.79 Å². The van der Waals surface area contributed by atoms with Crippen molar-refractivity contribution in [2.45, 2.75) is 39.5 Å². The average Bonchev–Trinajstić information content (AvgIpc) is 2.43. The highest BCUT2D eigenvalue weighted by molar-refractivity contribution is 5.75. The van der Waals surface area contributed by atoms with Crippen LogP contribution in [0.15, 0.2) is 24.3 Å². The normalized spacial score (nSPS) is 12.4. The van der Waals surface area contributed by atoms with Crippen LogP contribution in [0.25, 0.3) is 0 Å². The first-order chi connectivity index (χ1) is 10.0. The molecular formula is C17H27FN2O. The van der Waals surface area contributed by atoms with Crippen LogP contribution in [-0.4, -0.2) is 19.0 Å². The SMILES string of the molecule is CC(C)C(CCN)CCC(=O)NCCc1cccc(F)c1. The number of benzene rings is 1. The number of carbonyl (C=O) groups is 1. The van der Waals surface area contributed by atoms with E-state index >= 15 is 0 Å². The summed E-state index contributed by atoms with van der Waals surface area (Å²) >= 11 is 0. The summed E-state index contributed by atoms with van der Waals surface area (Å²) in [6.45, 7) is 5.56. The van der Waals surface area contributed by atoms with E-state index in [4.69, 9.17) is 5.73 Å². The Kier molecular flexibility index (Phi) is 7.98. The van der Waals surface area contributed by atoms with Gasteiger partial charge < -0.3 is 11.1 Å². The van der Waals surface area contributed by atoms with Crippen molar-refractivity contribution in [3.05, 3.63) is 35.6 Å². The van der Waals surface area contributed by atoms with E-state index in [0.717, 1.165) is 18.4 Å². The Morgan fingerprint density at radius 1 is 1.33 bits per heavy atom. The average molecular weight is 294 g/mol. The topological polar surface area (TPSA) is 55.1 Å². The third-order valence-electron chi connectivity index (χ3n) is 3.85. The van der Waals surface area contributed by atoms with Crippen LogP contribution in [0.1, 0.15) is 38.7 Å². The summed E-state index contributed by atoms with van der Waals surface area (Å²) in [6.07, 6.45) is 3.03. The third-order valence-corrected chi connectivity index (χ3v) is 3.85. The molecule has 3 nitrogen and oxygen atoms in total. The van der Waals surface area contributed by atoms with Gasteiger partial charge in [0.15, 0.2) is 0 Å². The molecule has 4 heteroatoms. The van der Waals surface area contributed by atoms with Gasteiger partial charge in [0.25, 0.3) is 0 Å². The van der Waals surface area contributed by atoms with Crippen molar-refractivity contribution in [2.75, 3.05) is 13.1 Å². The summed E-state index contributed by atoms with van der Waals surface area (Å²) in [6, 6.07) is 6.48. The van der Waals surface area contributed by atoms with Crippen molar-refractivity contribution in [1.29, 1.82) is 0 Å². The van der Waals surface area contributed by atoms with Crippen molar-refractivity contribution >= 4 is 5.91 Å². The van der Waals surface area contributed by atoms with E-state index in [1.54, 1.807) is 6.07 Å². The molecule has 0 heterocycles. The number of carbonyl (C=O) groups excluding carboxylic acids is 1. The molecule has 1 atom stereocenters. The van der Waals surface area contributed by atoms with E-state index in [2.05, 4.69) is 19.2 Å². The van der Waals surface area contributed by atoms with Gasteiger partial charge in [-0.25, -0.2) is 4.39 Å². The monoisotopic (exact) mass is 294 g/mol. The summed E-state index contributed by atoms with van der Waals surface area (Å²) in [7, 11) is 0. The fraction of sp³-hybridized carbons (Fsp3) is 0.588. The summed E-state index contributed by atoms with van der Waals surface area (Å²) in [5.74, 6) is 0.882. The van der Waals surface area contributed by atoms with Gasteiger partial charge >= 0.3 is 0 Å². The molecule has 0 saturated heterocycles. The zero-order valence-electron chi connectivity index (χ0n) is 13.1. The van der Waals surface area contributed by atoms with Crippen molar-refractivity contribution in [1.82, 2.24) is 5.32 Å². The molecule has 0 bridgehead atoms. The molecule has 0 spiro atoms. The number of halogens is 1. The molecule has 0 aliphatic rings. The van der Waals surface area contributed by atoms with Crippen LogP contribution >= 0.6 is 0 Å². The molecule has 0 aliphatic heterocycles. The molecule has 0 saturated carbocycles. The molecular weight excluding hydrogens is 267 g/mol. The van der Waals surface area contributed by atoms with E-state index in [1.807, 2.05) is 6.07 Å². The van der Waals surface area contributed by atoms with Gasteiger partial charge in [-0.1, -0.05) is 26.0 Å². The minimum Gasteiger partial charge on any atom is -0.356 e. The molecule has 1 rings (SSSR count). The smallest absolute Gasteiger partial charge is 0.220 e. The van der Waals surface area contributed by atoms with E-state index in [-0.39, 0.29) is 11.7 Å². The first kappa shape index (κ1) is 17.6. The molecule has 118 valence electrons. The Bertz CT molecular complexity index is 435. The highest BCUT2D eigenvalue weighted by Gasteiger charge is 2.14. The summed E-state index contributed by atoms with van der Waals surface area (Å²) in [5, 5.41) is 2.89. The highest BCUT2D eigenvalue weighted by Crippen LogP contribution is 2.20. The fourth-order valence-electron chi connectivity index (χ4n) is 2.47. The summed E-state index contributed by atoms with van der Waals surface area (Å²) in [5.41, 5.74) is 6.50. The lowest BCUT2D eigenvalue weighted by Gasteiger charge is -2.19. The van der Waals surface area contributed by atoms with Gasteiger partial charge in [0, 0.05) is 13.0 Å². The van der Waals surface area contributed by atoms with Crippen LogP contribution in [0.3, 0.4) is 0 Å². The van der Waals surface area contributed by atoms with Gasteiger partial charge in [0.05, 0.1) is 0 Å². The van der Waals surface area contributed by atoms with Crippen LogP contribution in [-0.2, 0) is 11.2 Å². The quantitative estimate of drug-likeness (QED) is 0.736. The molecule has 0 fully saturated rings. The molecule has 21 heavy (non-hydrogen) atoms. The zero-order chi connectivity index (χ0) is 15.7. The lowest BCUT2D eigenvalue weighted by molar-refractivity contribution is -0.121. The minimum atomic E-state index is -0.236. The van der Waals surface area contributed by atoms with Gasteiger partial charge in [-0.2, -0.15) is 0 Å². The van der Waals surface area contributed by atoms with Crippen LogP contribution in [0.2, 0.25) is 0 Å². The Balaban J connectivity index is 2.24. The van der Waals surface area contributed by atoms with Crippen molar-refractivity contribution in [3.63, 3.8) is 0 Å². The Labute approximate surface area is 127 Å². The Hall–Kier alpha value is -1.42. The molecule has 0 aromatic heterocycles. The summed E-state index contributed by atoms with van der Waals surface area (Å²) in [4.78, 5) is 11.8.